The summed E-state index contributed by atoms with van der Waals surface area (Å²) in [6.45, 7) is 6.88. The number of aliphatic hydroxyl groups is 3. The predicted molar refractivity (Wildman–Crippen MR) is 247 cm³/mol. The lowest BCUT2D eigenvalue weighted by Crippen LogP contribution is -2.82. The van der Waals surface area contributed by atoms with Gasteiger partial charge >= 0.3 is 23.9 Å². The standard InChI is InChI=1S/C54H55NO14/c1-31-37(66-50(63)43(59)42(34-20-12-7-13-21-34)55-48(61)35-22-14-8-15-23-35)29-54(64)47(68-49(62)36-24-16-9-17-25-36)45-52(5,38(57)28-39-53(45,30-65-39)69-32(2)56)46(60)44(41(31)51(54,3)4)67-40(58)27-26-33-18-10-6-11-19-33/h6-27,37-39,42-45,47,57,59,64H,28-30H2,1-5H3,(H,55,61)/b27-26+/t37-,38-,39+,42-,43+,44+,45-,47-,52+,53-,54+/m0/s1. The van der Waals surface area contributed by atoms with Crippen molar-refractivity contribution < 1.29 is 67.8 Å². The molecule has 8 rings (SSSR count). The summed E-state index contributed by atoms with van der Waals surface area (Å²) in [6.07, 6.45) is -8.23. The fourth-order valence-electron chi connectivity index (χ4n) is 10.9. The molecule has 0 radical (unpaired) electrons. The van der Waals surface area contributed by atoms with Gasteiger partial charge in [-0.1, -0.05) is 111 Å². The lowest BCUT2D eigenvalue weighted by molar-refractivity contribution is -0.346. The van der Waals surface area contributed by atoms with Crippen LogP contribution in [0.15, 0.2) is 139 Å². The van der Waals surface area contributed by atoms with Crippen LogP contribution in [0.4, 0.5) is 0 Å². The third kappa shape index (κ3) is 8.69. The first-order valence-corrected chi connectivity index (χ1v) is 22.8. The molecule has 15 heteroatoms. The highest BCUT2D eigenvalue weighted by atomic mass is 16.6. The Hall–Kier alpha value is -6.78. The van der Waals surface area contributed by atoms with Crippen LogP contribution in [-0.2, 0) is 42.9 Å². The normalized spacial score (nSPS) is 29.9. The molecule has 3 aliphatic carbocycles. The van der Waals surface area contributed by atoms with Crippen molar-refractivity contribution in [3.8, 4) is 0 Å². The Morgan fingerprint density at radius 1 is 0.812 bits per heavy atom. The number of esters is 4. The van der Waals surface area contributed by atoms with Crippen molar-refractivity contribution in [3.05, 3.63) is 161 Å². The van der Waals surface area contributed by atoms with E-state index in [-0.39, 0.29) is 35.3 Å². The number of ether oxygens (including phenoxy) is 5. The second-order valence-electron chi connectivity index (χ2n) is 18.9. The molecule has 1 aliphatic heterocycles. The molecule has 0 aromatic heterocycles. The second-order valence-corrected chi connectivity index (χ2v) is 18.9. The number of carbonyl (C=O) groups excluding carboxylic acids is 6. The first kappa shape index (κ1) is 48.7. The second kappa shape index (κ2) is 19.0. The van der Waals surface area contributed by atoms with Gasteiger partial charge in [0.25, 0.3) is 5.91 Å². The van der Waals surface area contributed by atoms with E-state index < -0.39 is 113 Å². The summed E-state index contributed by atoms with van der Waals surface area (Å²) in [7, 11) is 0. The summed E-state index contributed by atoms with van der Waals surface area (Å²) in [5, 5.41) is 40.9. The van der Waals surface area contributed by atoms with Crippen molar-refractivity contribution in [1.29, 1.82) is 0 Å². The third-order valence-electron chi connectivity index (χ3n) is 14.6. The van der Waals surface area contributed by atoms with Gasteiger partial charge in [0.2, 0.25) is 0 Å². The molecule has 2 bridgehead atoms. The lowest BCUT2D eigenvalue weighted by atomic mass is 9.44. The number of hydrogen-bond acceptors (Lipinski definition) is 14. The van der Waals surface area contributed by atoms with Gasteiger partial charge in [-0.2, -0.15) is 0 Å². The molecule has 2 saturated carbocycles. The van der Waals surface area contributed by atoms with Crippen LogP contribution >= 0.6 is 0 Å². The SMILES string of the molecule is CC(=O)O[C@@]12CO[C@@H]1C[C@H](O)[C@@]1(C)C(=O)[C@H](OC(=O)/C=C/c3ccccc3)C3=C(C)[C@@H](OC(=O)[C@H](O)[C@@H](NC(=O)c4ccccc4)c4ccccc4)C[C@@](O)([C@@H](OC(=O)c4ccccc4)[C@H]21)C3(C)C. The molecule has 11 atom stereocenters. The van der Waals surface area contributed by atoms with Crippen LogP contribution in [0.2, 0.25) is 0 Å². The first-order valence-electron chi connectivity index (χ1n) is 22.8. The lowest BCUT2D eigenvalue weighted by Gasteiger charge is -2.67. The van der Waals surface area contributed by atoms with Gasteiger partial charge in [0.1, 0.15) is 23.9 Å². The van der Waals surface area contributed by atoms with Crippen LogP contribution in [0, 0.1) is 16.7 Å². The van der Waals surface area contributed by atoms with Crippen molar-refractivity contribution in [2.24, 2.45) is 16.7 Å². The number of amides is 1. The largest absolute Gasteiger partial charge is 0.456 e. The number of benzene rings is 4. The number of hydrogen-bond donors (Lipinski definition) is 4. The highest BCUT2D eigenvalue weighted by Gasteiger charge is 2.78. The van der Waals surface area contributed by atoms with Gasteiger partial charge in [0.15, 0.2) is 23.6 Å². The van der Waals surface area contributed by atoms with Gasteiger partial charge < -0.3 is 44.3 Å². The van der Waals surface area contributed by atoms with E-state index in [9.17, 15) is 39.3 Å². The molecular weight excluding hydrogens is 887 g/mol. The molecule has 360 valence electrons. The summed E-state index contributed by atoms with van der Waals surface area (Å²) < 4.78 is 30.9. The molecule has 3 fully saturated rings. The Morgan fingerprint density at radius 2 is 1.39 bits per heavy atom. The van der Waals surface area contributed by atoms with Crippen LogP contribution < -0.4 is 5.32 Å². The summed E-state index contributed by atoms with van der Waals surface area (Å²) in [4.78, 5) is 85.7. The Bertz CT molecular complexity index is 2670. The quantitative estimate of drug-likeness (QED) is 0.0603. The molecule has 4 N–H and O–H groups in total. The number of Topliss-reactive ketones (excluding diaryl/α,β-unsaturated/α-hetero) is 1. The number of rotatable bonds is 12. The minimum absolute atomic E-state index is 0.0341. The van der Waals surface area contributed by atoms with E-state index in [1.165, 1.54) is 32.1 Å². The van der Waals surface area contributed by atoms with Crippen LogP contribution in [0.25, 0.3) is 6.08 Å². The van der Waals surface area contributed by atoms with Crippen molar-refractivity contribution in [1.82, 2.24) is 5.32 Å². The Morgan fingerprint density at radius 3 is 1.97 bits per heavy atom. The van der Waals surface area contributed by atoms with Gasteiger partial charge in [-0.25, -0.2) is 14.4 Å². The van der Waals surface area contributed by atoms with Gasteiger partial charge in [0.05, 0.1) is 35.6 Å². The topological polar surface area (TPSA) is 221 Å². The van der Waals surface area contributed by atoms with Crippen LogP contribution in [0.5, 0.6) is 0 Å². The summed E-state index contributed by atoms with van der Waals surface area (Å²) in [5.74, 6) is -7.05. The molecule has 4 aromatic rings. The van der Waals surface area contributed by atoms with Crippen LogP contribution in [-0.4, -0.2) is 105 Å². The first-order chi connectivity index (χ1) is 32.8. The number of carbonyl (C=O) groups is 6. The van der Waals surface area contributed by atoms with Gasteiger partial charge in [-0.3, -0.25) is 14.4 Å². The average Bonchev–Trinajstić information content (AvgIpc) is 3.34. The van der Waals surface area contributed by atoms with Crippen molar-refractivity contribution in [2.45, 2.75) is 101 Å². The van der Waals surface area contributed by atoms with Crippen LogP contribution in [0.1, 0.15) is 85.3 Å². The zero-order valence-electron chi connectivity index (χ0n) is 38.8. The zero-order valence-corrected chi connectivity index (χ0v) is 38.8. The molecule has 15 nitrogen and oxygen atoms in total. The Balaban J connectivity index is 1.29. The molecular formula is C54H55NO14. The molecule has 4 aliphatic rings. The van der Waals surface area contributed by atoms with E-state index in [0.29, 0.717) is 11.1 Å². The minimum atomic E-state index is -2.44. The van der Waals surface area contributed by atoms with E-state index in [2.05, 4.69) is 5.32 Å². The number of aliphatic hydroxyl groups excluding tert-OH is 2. The summed E-state index contributed by atoms with van der Waals surface area (Å²) in [6, 6.07) is 31.8. The van der Waals surface area contributed by atoms with Crippen molar-refractivity contribution in [3.63, 3.8) is 0 Å². The highest BCUT2D eigenvalue weighted by Crippen LogP contribution is 2.64. The van der Waals surface area contributed by atoms with Crippen LogP contribution in [0.3, 0.4) is 0 Å². The fraction of sp³-hybridized carbons (Fsp3) is 0.370. The maximum Gasteiger partial charge on any atom is 0.338 e. The minimum Gasteiger partial charge on any atom is -0.456 e. The summed E-state index contributed by atoms with van der Waals surface area (Å²) in [5.41, 5.74) is -6.68. The van der Waals surface area contributed by atoms with Gasteiger partial charge in [-0.15, -0.1) is 0 Å². The maximum absolute atomic E-state index is 15.9. The third-order valence-corrected chi connectivity index (χ3v) is 14.6. The van der Waals surface area contributed by atoms with Crippen molar-refractivity contribution in [2.75, 3.05) is 6.61 Å². The molecule has 69 heavy (non-hydrogen) atoms. The number of ketones is 1. The fourth-order valence-corrected chi connectivity index (χ4v) is 10.9. The summed E-state index contributed by atoms with van der Waals surface area (Å²) >= 11 is 0. The molecule has 0 unspecified atom stereocenters. The Kier molecular flexibility index (Phi) is 13.4. The number of fused-ring (bicyclic) bond motifs is 5. The zero-order chi connectivity index (χ0) is 49.5. The van der Waals surface area contributed by atoms with E-state index in [1.807, 2.05) is 0 Å². The highest BCUT2D eigenvalue weighted by molar-refractivity contribution is 5.98. The smallest absolute Gasteiger partial charge is 0.338 e. The molecule has 1 saturated heterocycles. The molecule has 4 aromatic carbocycles. The van der Waals surface area contributed by atoms with E-state index >= 15 is 4.79 Å². The van der Waals surface area contributed by atoms with Crippen molar-refractivity contribution >= 4 is 41.6 Å². The maximum atomic E-state index is 15.9. The van der Waals surface area contributed by atoms with E-state index in [4.69, 9.17) is 23.7 Å². The molecule has 1 heterocycles. The predicted octanol–water partition coefficient (Wildman–Crippen LogP) is 5.43. The average molecular weight is 942 g/mol. The molecule has 1 amide bonds. The van der Waals surface area contributed by atoms with Gasteiger partial charge in [-0.05, 0) is 66.5 Å². The monoisotopic (exact) mass is 941 g/mol. The van der Waals surface area contributed by atoms with Gasteiger partial charge in [0, 0.05) is 36.8 Å². The van der Waals surface area contributed by atoms with E-state index in [1.54, 1.807) is 123 Å². The molecule has 0 spiro atoms. The van der Waals surface area contributed by atoms with E-state index in [0.717, 1.165) is 13.0 Å². The Labute approximate surface area is 399 Å². The number of nitrogens with one attached hydrogen (secondary N) is 1.